The average molecular weight is 884 g/mol. The summed E-state index contributed by atoms with van der Waals surface area (Å²) < 4.78 is 38.9. The van der Waals surface area contributed by atoms with Crippen LogP contribution < -0.4 is 26.0 Å². The molecule has 328 valence electrons. The molecule has 1 N–H and O–H groups in total. The number of benzene rings is 7. The van der Waals surface area contributed by atoms with Crippen molar-refractivity contribution in [3.8, 4) is 5.75 Å². The molecule has 0 radical (unpaired) electrons. The zero-order valence-corrected chi connectivity index (χ0v) is 37.0. The number of hydrogen-bond donors (Lipinski definition) is 1. The van der Waals surface area contributed by atoms with E-state index in [1.54, 1.807) is 7.11 Å². The number of carbonyl (C=O) groups excluding carboxylic acids is 2. The third-order valence-corrected chi connectivity index (χ3v) is 14.6. The Labute approximate surface area is 381 Å². The van der Waals surface area contributed by atoms with Crippen molar-refractivity contribution in [3.63, 3.8) is 0 Å². The van der Waals surface area contributed by atoms with Gasteiger partial charge in [-0.3, -0.25) is 9.59 Å². The van der Waals surface area contributed by atoms with Crippen LogP contribution in [0.3, 0.4) is 0 Å². The highest BCUT2D eigenvalue weighted by Gasteiger charge is 2.54. The maximum Gasteiger partial charge on any atom is 0.321 e. The van der Waals surface area contributed by atoms with Crippen molar-refractivity contribution in [2.75, 3.05) is 13.7 Å². The van der Waals surface area contributed by atoms with Gasteiger partial charge < -0.3 is 33.7 Å². The molecule has 2 aliphatic rings. The first-order valence-corrected chi connectivity index (χ1v) is 23.1. The first-order chi connectivity index (χ1) is 31.9. The largest absolute Gasteiger partial charge is 0.497 e. The fourth-order valence-electron chi connectivity index (χ4n) is 8.55. The van der Waals surface area contributed by atoms with Crippen LogP contribution in [0.4, 0.5) is 0 Å². The van der Waals surface area contributed by atoms with Crippen molar-refractivity contribution < 1.29 is 38.0 Å². The number of hydrogen-bond acceptors (Lipinski definition) is 8. The number of ether oxygens (including phenoxy) is 6. The quantitative estimate of drug-likeness (QED) is 0.0858. The molecule has 2 fully saturated rings. The van der Waals surface area contributed by atoms with Crippen LogP contribution >= 0.6 is 7.92 Å². The average Bonchev–Trinajstić information content (AvgIpc) is 3.37. The van der Waals surface area contributed by atoms with Crippen LogP contribution in [0, 0.1) is 0 Å². The Morgan fingerprint density at radius 2 is 1.20 bits per heavy atom. The number of carbonyl (C=O) groups is 2. The van der Waals surface area contributed by atoms with Crippen LogP contribution in [0.2, 0.25) is 0 Å². The molecule has 1 amide bonds. The number of amides is 1. The summed E-state index contributed by atoms with van der Waals surface area (Å²) in [6, 6.07) is 63.4. The maximum atomic E-state index is 15.4. The van der Waals surface area contributed by atoms with E-state index in [0.29, 0.717) is 11.3 Å². The Bertz CT molecular complexity index is 2560. The first-order valence-electron chi connectivity index (χ1n) is 21.7. The van der Waals surface area contributed by atoms with Crippen LogP contribution in [0.15, 0.2) is 200 Å². The van der Waals surface area contributed by atoms with Crippen molar-refractivity contribution in [2.45, 2.75) is 55.9 Å². The van der Waals surface area contributed by atoms with E-state index in [-0.39, 0.29) is 19.1 Å². The summed E-state index contributed by atoms with van der Waals surface area (Å²) in [4.78, 5) is 30.6. The second-order valence-corrected chi connectivity index (χ2v) is 18.3. The van der Waals surface area contributed by atoms with Crippen molar-refractivity contribution in [3.05, 3.63) is 228 Å². The van der Waals surface area contributed by atoms with Gasteiger partial charge >= 0.3 is 5.97 Å². The second-order valence-electron chi connectivity index (χ2n) is 16.1. The van der Waals surface area contributed by atoms with E-state index in [9.17, 15) is 0 Å². The van der Waals surface area contributed by atoms with E-state index in [0.717, 1.165) is 38.2 Å². The highest BCUT2D eigenvalue weighted by Crippen LogP contribution is 2.40. The van der Waals surface area contributed by atoms with Gasteiger partial charge in [0.15, 0.2) is 18.7 Å². The van der Waals surface area contributed by atoms with Crippen LogP contribution in [0.5, 0.6) is 5.75 Å². The molecule has 9 nitrogen and oxygen atoms in total. The number of nitrogens with one attached hydrogen (secondary N) is 1. The molecule has 6 atom stereocenters. The lowest BCUT2D eigenvalue weighted by Gasteiger charge is -2.49. The molecule has 0 aliphatic carbocycles. The van der Waals surface area contributed by atoms with E-state index in [1.807, 2.05) is 183 Å². The Kier molecular flexibility index (Phi) is 13.6. The molecular weight excluding hydrogens is 834 g/mol. The minimum Gasteiger partial charge on any atom is -0.497 e. The standard InChI is InChI=1S/C55H50NO8P/c1-55(40-22-10-4-11-23-40,41-24-12-5-13-25-41)54(58)64-50-48(56-51(57)45-30-18-19-31-47(45)65(43-26-14-6-15-27-43)44-28-16-7-17-29-44)53(60-36-38-20-8-3-9-21-38)62-46-37-61-52(63-49(46)50)39-32-34-42(59-2)35-33-39/h3-35,46,48-50,52-53H,36-37H2,1-2H3,(H,56,57)/t46-,48-,49-,50-,52-,53+/m1/s1. The Hall–Kier alpha value is -6.45. The summed E-state index contributed by atoms with van der Waals surface area (Å²) in [7, 11) is 0.439. The van der Waals surface area contributed by atoms with Crippen LogP contribution in [0.25, 0.3) is 0 Å². The molecule has 0 aromatic heterocycles. The molecule has 2 aliphatic heterocycles. The lowest BCUT2D eigenvalue weighted by Crippen LogP contribution is -2.68. The summed E-state index contributed by atoms with van der Waals surface area (Å²) in [5.74, 6) is -0.232. The lowest BCUT2D eigenvalue weighted by molar-refractivity contribution is -0.346. The maximum absolute atomic E-state index is 15.4. The van der Waals surface area contributed by atoms with Gasteiger partial charge in [0.05, 0.1) is 20.3 Å². The van der Waals surface area contributed by atoms with Crippen LogP contribution in [-0.2, 0) is 40.5 Å². The predicted molar refractivity (Wildman–Crippen MR) is 252 cm³/mol. The molecule has 10 heteroatoms. The molecule has 0 spiro atoms. The van der Waals surface area contributed by atoms with Gasteiger partial charge in [-0.25, -0.2) is 0 Å². The van der Waals surface area contributed by atoms with Gasteiger partial charge in [0.1, 0.15) is 29.4 Å². The van der Waals surface area contributed by atoms with Crippen molar-refractivity contribution in [1.82, 2.24) is 5.32 Å². The third kappa shape index (κ3) is 9.52. The van der Waals surface area contributed by atoms with Crippen LogP contribution in [-0.4, -0.2) is 56.2 Å². The smallest absolute Gasteiger partial charge is 0.321 e. The number of rotatable bonds is 14. The summed E-state index contributed by atoms with van der Waals surface area (Å²) >= 11 is 0. The molecule has 0 bridgehead atoms. The van der Waals surface area contributed by atoms with Gasteiger partial charge in [-0.15, -0.1) is 0 Å². The fraction of sp³-hybridized carbons (Fsp3) is 0.200. The van der Waals surface area contributed by atoms with Gasteiger partial charge in [0.25, 0.3) is 5.91 Å². The van der Waals surface area contributed by atoms with Gasteiger partial charge in [-0.2, -0.15) is 0 Å². The molecule has 7 aromatic carbocycles. The normalized spacial score (nSPS) is 20.6. The van der Waals surface area contributed by atoms with E-state index in [4.69, 9.17) is 28.4 Å². The van der Waals surface area contributed by atoms with Crippen LogP contribution in [0.1, 0.15) is 45.8 Å². The Balaban J connectivity index is 1.14. The van der Waals surface area contributed by atoms with Gasteiger partial charge in [0.2, 0.25) is 0 Å². The van der Waals surface area contributed by atoms with Crippen molar-refractivity contribution >= 4 is 35.7 Å². The molecule has 0 unspecified atom stereocenters. The molecule has 2 saturated heterocycles. The zero-order valence-electron chi connectivity index (χ0n) is 36.1. The Morgan fingerprint density at radius 1 is 0.662 bits per heavy atom. The SMILES string of the molecule is COc1ccc([C@@H]2OC[C@H]3O[C@H](OCc4ccccc4)[C@H](NC(=O)c4ccccc4P(c4ccccc4)c4ccccc4)[C@@H](OC(=O)C(C)(c4ccccc4)c4ccccc4)[C@@H]3O2)cc1. The summed E-state index contributed by atoms with van der Waals surface area (Å²) in [6.07, 6.45) is -4.72. The molecule has 2 heterocycles. The minimum atomic E-state index is -1.26. The van der Waals surface area contributed by atoms with Gasteiger partial charge in [-0.05, 0) is 65.6 Å². The van der Waals surface area contributed by atoms with Gasteiger partial charge in [0, 0.05) is 11.1 Å². The summed E-state index contributed by atoms with van der Waals surface area (Å²) in [6.45, 7) is 2.11. The highest BCUT2D eigenvalue weighted by atomic mass is 31.1. The van der Waals surface area contributed by atoms with Gasteiger partial charge in [-0.1, -0.05) is 182 Å². The molecule has 7 aromatic rings. The number of esters is 1. The third-order valence-electron chi connectivity index (χ3n) is 12.1. The number of fused-ring (bicyclic) bond motifs is 1. The molecule has 0 saturated carbocycles. The van der Waals surface area contributed by atoms with E-state index >= 15 is 9.59 Å². The molecular formula is C55H50NO8P. The fourth-order valence-corrected chi connectivity index (χ4v) is 11.0. The van der Waals surface area contributed by atoms with Crippen molar-refractivity contribution in [1.29, 1.82) is 0 Å². The van der Waals surface area contributed by atoms with E-state index in [2.05, 4.69) is 29.6 Å². The molecule has 9 rings (SSSR count). The lowest BCUT2D eigenvalue weighted by atomic mass is 9.76. The Morgan fingerprint density at radius 3 is 1.78 bits per heavy atom. The predicted octanol–water partition coefficient (Wildman–Crippen LogP) is 8.53. The zero-order chi connectivity index (χ0) is 44.6. The number of methoxy groups -OCH3 is 1. The summed E-state index contributed by atoms with van der Waals surface area (Å²) in [5.41, 5.74) is 2.33. The molecule has 65 heavy (non-hydrogen) atoms. The second kappa shape index (κ2) is 20.2. The topological polar surface area (TPSA) is 102 Å². The van der Waals surface area contributed by atoms with E-state index < -0.39 is 56.2 Å². The minimum absolute atomic E-state index is 0.0944. The monoisotopic (exact) mass is 883 g/mol. The first kappa shape index (κ1) is 43.8. The summed E-state index contributed by atoms with van der Waals surface area (Å²) in [5, 5.41) is 6.37. The highest BCUT2D eigenvalue weighted by molar-refractivity contribution is 7.80. The van der Waals surface area contributed by atoms with Crippen molar-refractivity contribution in [2.24, 2.45) is 0 Å². The van der Waals surface area contributed by atoms with E-state index in [1.165, 1.54) is 0 Å².